The summed E-state index contributed by atoms with van der Waals surface area (Å²) in [5.74, 6) is 0.656. The number of piperazine rings is 1. The Morgan fingerprint density at radius 2 is 2.45 bits per heavy atom. The van der Waals surface area contributed by atoms with Crippen LogP contribution < -0.4 is 5.32 Å². The summed E-state index contributed by atoms with van der Waals surface area (Å²) in [4.78, 5) is 24.2. The third kappa shape index (κ3) is 2.47. The van der Waals surface area contributed by atoms with Gasteiger partial charge in [0.25, 0.3) is 0 Å². The zero-order valence-corrected chi connectivity index (χ0v) is 12.3. The Balaban J connectivity index is 1.87. The Kier molecular flexibility index (Phi) is 3.90. The summed E-state index contributed by atoms with van der Waals surface area (Å²) in [6, 6.07) is -0.363. The van der Waals surface area contributed by atoms with Gasteiger partial charge >= 0.3 is 6.03 Å². The number of aromatic nitrogens is 2. The molecule has 3 heterocycles. The van der Waals surface area contributed by atoms with E-state index in [0.717, 1.165) is 31.6 Å². The molecule has 116 valence electrons. The highest BCUT2D eigenvalue weighted by Crippen LogP contribution is 2.29. The monoisotopic (exact) mass is 302 g/mol. The van der Waals surface area contributed by atoms with Gasteiger partial charge in [0.15, 0.2) is 11.7 Å². The van der Waals surface area contributed by atoms with Gasteiger partial charge in [0.05, 0.1) is 17.9 Å². The molecule has 2 bridgehead atoms. The molecule has 3 rings (SSSR count). The number of carbonyl (C=O) groups is 1. The van der Waals surface area contributed by atoms with E-state index in [1.165, 1.54) is 23.5 Å². The average molecular weight is 302 g/mol. The number of rotatable bonds is 2. The molecule has 2 fully saturated rings. The normalized spacial score (nSPS) is 24.1. The highest BCUT2D eigenvalue weighted by molar-refractivity contribution is 6.10. The van der Waals surface area contributed by atoms with Crippen molar-refractivity contribution in [3.05, 3.63) is 30.4 Å². The topological polar surface area (TPSA) is 94.0 Å². The largest absolute Gasteiger partial charge is 0.409 e. The Labute approximate surface area is 128 Å². The average Bonchev–Trinajstić information content (AvgIpc) is 2.95. The number of allylic oxidation sites excluding steroid dienone is 1. The van der Waals surface area contributed by atoms with Gasteiger partial charge in [-0.25, -0.2) is 9.78 Å². The summed E-state index contributed by atoms with van der Waals surface area (Å²) in [6.45, 7) is 3.61. The fourth-order valence-electron chi connectivity index (χ4n) is 2.92. The first-order valence-electron chi connectivity index (χ1n) is 7.28. The van der Waals surface area contributed by atoms with Crippen LogP contribution in [0.1, 0.15) is 19.8 Å². The van der Waals surface area contributed by atoms with E-state index in [9.17, 15) is 10.0 Å². The Morgan fingerprint density at radius 1 is 1.59 bits per heavy atom. The van der Waals surface area contributed by atoms with Crippen molar-refractivity contribution < 1.29 is 10.0 Å². The van der Waals surface area contributed by atoms with Crippen molar-refractivity contribution in [2.24, 2.45) is 5.16 Å². The van der Waals surface area contributed by atoms with Crippen molar-refractivity contribution in [3.63, 3.8) is 0 Å². The first kappa shape index (κ1) is 14.3. The lowest BCUT2D eigenvalue weighted by Gasteiger charge is -2.36. The van der Waals surface area contributed by atoms with Gasteiger partial charge in [0.2, 0.25) is 0 Å². The Hall–Kier alpha value is -2.64. The van der Waals surface area contributed by atoms with E-state index < -0.39 is 0 Å². The van der Waals surface area contributed by atoms with Crippen molar-refractivity contribution in [2.75, 3.05) is 18.4 Å². The number of amidine groups is 1. The molecule has 8 heteroatoms. The number of urea groups is 1. The molecule has 2 N–H and O–H groups in total. The first-order chi connectivity index (χ1) is 10.7. The van der Waals surface area contributed by atoms with E-state index in [1.807, 2.05) is 13.0 Å². The molecule has 2 amide bonds. The van der Waals surface area contributed by atoms with Crippen LogP contribution in [-0.2, 0) is 0 Å². The second-order valence-electron chi connectivity index (χ2n) is 5.20. The minimum atomic E-state index is -0.359. The SMILES string of the molecule is CC/C=C1\C(=N/O)N(C(=O)Nc2cnccn2)[C@H]2CCN1C2. The van der Waals surface area contributed by atoms with Gasteiger partial charge in [-0.15, -0.1) is 0 Å². The van der Waals surface area contributed by atoms with E-state index in [-0.39, 0.29) is 17.9 Å². The van der Waals surface area contributed by atoms with Crippen LogP contribution >= 0.6 is 0 Å². The third-order valence-electron chi connectivity index (χ3n) is 3.84. The van der Waals surface area contributed by atoms with Crippen LogP contribution in [-0.4, -0.2) is 56.0 Å². The Bertz CT molecular complexity index is 615. The van der Waals surface area contributed by atoms with Crippen molar-refractivity contribution in [1.29, 1.82) is 0 Å². The molecule has 2 saturated heterocycles. The summed E-state index contributed by atoms with van der Waals surface area (Å²) in [5.41, 5.74) is 0.799. The molecule has 0 radical (unpaired) electrons. The van der Waals surface area contributed by atoms with Crippen molar-refractivity contribution >= 4 is 17.7 Å². The van der Waals surface area contributed by atoms with Crippen LogP contribution in [0.25, 0.3) is 0 Å². The smallest absolute Gasteiger partial charge is 0.329 e. The maximum atomic E-state index is 12.6. The number of nitrogens with zero attached hydrogens (tertiary/aromatic N) is 5. The van der Waals surface area contributed by atoms with Crippen LogP contribution in [0.5, 0.6) is 0 Å². The zero-order valence-electron chi connectivity index (χ0n) is 12.3. The van der Waals surface area contributed by atoms with Gasteiger partial charge in [-0.1, -0.05) is 18.2 Å². The number of amides is 2. The predicted octanol–water partition coefficient (Wildman–Crippen LogP) is 1.48. The standard InChI is InChI=1S/C14H18N6O2/c1-2-3-11-13(18-22)20(10-4-7-19(11)9-10)14(21)17-12-8-15-5-6-16-12/h3,5-6,8,10,22H,2,4,7,9H2,1H3,(H,16,17,21)/b11-3+,18-13+/t10-/m0/s1. The fourth-order valence-corrected chi connectivity index (χ4v) is 2.92. The van der Waals surface area contributed by atoms with E-state index >= 15 is 0 Å². The molecular weight excluding hydrogens is 284 g/mol. The van der Waals surface area contributed by atoms with Gasteiger partial charge in [-0.3, -0.25) is 15.2 Å². The second-order valence-corrected chi connectivity index (χ2v) is 5.20. The Morgan fingerprint density at radius 3 is 3.14 bits per heavy atom. The minimum Gasteiger partial charge on any atom is -0.409 e. The molecule has 0 aliphatic carbocycles. The molecule has 0 saturated carbocycles. The van der Waals surface area contributed by atoms with Crippen LogP contribution in [0.4, 0.5) is 10.6 Å². The molecule has 2 aliphatic heterocycles. The van der Waals surface area contributed by atoms with Gasteiger partial charge in [0.1, 0.15) is 0 Å². The number of hydrogen-bond donors (Lipinski definition) is 2. The van der Waals surface area contributed by atoms with Gasteiger partial charge in [-0.05, 0) is 12.8 Å². The third-order valence-corrected chi connectivity index (χ3v) is 3.84. The molecule has 22 heavy (non-hydrogen) atoms. The second kappa shape index (κ2) is 6.00. The molecular formula is C14H18N6O2. The minimum absolute atomic E-state index is 0.00317. The fraction of sp³-hybridized carbons (Fsp3) is 0.429. The summed E-state index contributed by atoms with van der Waals surface area (Å²) in [7, 11) is 0. The maximum absolute atomic E-state index is 12.6. The molecule has 8 nitrogen and oxygen atoms in total. The molecule has 0 aromatic carbocycles. The van der Waals surface area contributed by atoms with Crippen LogP contribution in [0.2, 0.25) is 0 Å². The van der Waals surface area contributed by atoms with Crippen LogP contribution in [0, 0.1) is 0 Å². The van der Waals surface area contributed by atoms with E-state index in [2.05, 4.69) is 25.3 Å². The molecule has 1 aromatic rings. The van der Waals surface area contributed by atoms with Crippen LogP contribution in [0.15, 0.2) is 35.5 Å². The lowest BCUT2D eigenvalue weighted by Crippen LogP contribution is -2.53. The van der Waals surface area contributed by atoms with Gasteiger partial charge in [0, 0.05) is 25.5 Å². The summed E-state index contributed by atoms with van der Waals surface area (Å²) >= 11 is 0. The predicted molar refractivity (Wildman–Crippen MR) is 80.5 cm³/mol. The highest BCUT2D eigenvalue weighted by atomic mass is 16.4. The molecule has 2 aliphatic rings. The van der Waals surface area contributed by atoms with Crippen molar-refractivity contribution in [2.45, 2.75) is 25.8 Å². The zero-order chi connectivity index (χ0) is 15.5. The lowest BCUT2D eigenvalue weighted by atomic mass is 10.1. The van der Waals surface area contributed by atoms with E-state index in [0.29, 0.717) is 5.82 Å². The molecule has 0 spiro atoms. The van der Waals surface area contributed by atoms with Crippen molar-refractivity contribution in [3.8, 4) is 0 Å². The number of nitrogens with one attached hydrogen (secondary N) is 1. The van der Waals surface area contributed by atoms with Crippen LogP contribution in [0.3, 0.4) is 0 Å². The highest BCUT2D eigenvalue weighted by Gasteiger charge is 2.42. The van der Waals surface area contributed by atoms with Gasteiger partial charge in [-0.2, -0.15) is 0 Å². The number of fused-ring (bicyclic) bond motifs is 2. The maximum Gasteiger partial charge on any atom is 0.329 e. The van der Waals surface area contributed by atoms with E-state index in [4.69, 9.17) is 0 Å². The lowest BCUT2D eigenvalue weighted by molar-refractivity contribution is 0.210. The molecule has 1 atom stereocenters. The number of carbonyl (C=O) groups excluding carboxylic acids is 1. The molecule has 0 unspecified atom stereocenters. The summed E-state index contributed by atoms with van der Waals surface area (Å²) in [5, 5.41) is 15.5. The number of hydrogen-bond acceptors (Lipinski definition) is 6. The molecule has 1 aromatic heterocycles. The van der Waals surface area contributed by atoms with Gasteiger partial charge < -0.3 is 10.1 Å². The quantitative estimate of drug-likeness (QED) is 0.637. The summed E-state index contributed by atoms with van der Waals surface area (Å²) in [6.07, 6.45) is 8.13. The summed E-state index contributed by atoms with van der Waals surface area (Å²) < 4.78 is 0. The van der Waals surface area contributed by atoms with Crippen molar-refractivity contribution in [1.82, 2.24) is 19.8 Å². The number of anilines is 1. The number of oxime groups is 1. The first-order valence-corrected chi connectivity index (χ1v) is 7.28. The van der Waals surface area contributed by atoms with E-state index in [1.54, 1.807) is 0 Å².